The molecule has 1 aliphatic rings. The summed E-state index contributed by atoms with van der Waals surface area (Å²) in [4.78, 5) is 20.4. The number of benzene rings is 3. The van der Waals surface area contributed by atoms with Gasteiger partial charge in [0.05, 0.1) is 16.6 Å². The Labute approximate surface area is 188 Å². The van der Waals surface area contributed by atoms with Gasteiger partial charge < -0.3 is 5.11 Å². The lowest BCUT2D eigenvalue weighted by Gasteiger charge is -2.24. The van der Waals surface area contributed by atoms with Gasteiger partial charge >= 0.3 is 0 Å². The maximum atomic E-state index is 13.4. The zero-order valence-electron chi connectivity index (χ0n) is 16.2. The van der Waals surface area contributed by atoms with E-state index in [2.05, 4.69) is 15.9 Å². The zero-order valence-corrected chi connectivity index (χ0v) is 18.6. The molecule has 1 atom stereocenters. The fraction of sp³-hybridized carbons (Fsp3) is 0.0833. The molecule has 1 amide bonds. The number of carbonyl (C=O) groups is 1. The molecule has 150 valence electrons. The van der Waals surface area contributed by atoms with Gasteiger partial charge in [-0.1, -0.05) is 64.5 Å². The van der Waals surface area contributed by atoms with Crippen LogP contribution in [0.2, 0.25) is 0 Å². The van der Waals surface area contributed by atoms with Crippen LogP contribution in [0.25, 0.3) is 6.08 Å². The molecule has 1 fully saturated rings. The van der Waals surface area contributed by atoms with Gasteiger partial charge in [-0.05, 0) is 60.7 Å². The maximum Gasteiger partial charge on any atom is 0.267 e. The molecular formula is C24H19BrN2O2S. The van der Waals surface area contributed by atoms with Crippen LogP contribution in [0.4, 0.5) is 5.69 Å². The van der Waals surface area contributed by atoms with Crippen molar-refractivity contribution in [1.29, 1.82) is 0 Å². The Bertz CT molecular complexity index is 1130. The van der Waals surface area contributed by atoms with E-state index in [4.69, 9.17) is 4.99 Å². The van der Waals surface area contributed by atoms with E-state index >= 15 is 0 Å². The largest absolute Gasteiger partial charge is 0.507 e. The topological polar surface area (TPSA) is 52.9 Å². The van der Waals surface area contributed by atoms with Gasteiger partial charge in [0, 0.05) is 10.0 Å². The summed E-state index contributed by atoms with van der Waals surface area (Å²) in [6, 6.07) is 24.4. The summed E-state index contributed by atoms with van der Waals surface area (Å²) in [5.74, 6) is -0.0133. The highest BCUT2D eigenvalue weighted by atomic mass is 79.9. The summed E-state index contributed by atoms with van der Waals surface area (Å²) in [5, 5.41) is 10.8. The minimum atomic E-state index is -0.185. The summed E-state index contributed by atoms with van der Waals surface area (Å²) in [7, 11) is 0. The average molecular weight is 479 g/mol. The van der Waals surface area contributed by atoms with E-state index in [9.17, 15) is 9.90 Å². The smallest absolute Gasteiger partial charge is 0.267 e. The van der Waals surface area contributed by atoms with Crippen molar-refractivity contribution in [2.24, 2.45) is 4.99 Å². The predicted molar refractivity (Wildman–Crippen MR) is 127 cm³/mol. The molecule has 0 aromatic heterocycles. The number of hydrogen-bond donors (Lipinski definition) is 1. The first-order chi connectivity index (χ1) is 14.5. The predicted octanol–water partition coefficient (Wildman–Crippen LogP) is 6.52. The Morgan fingerprint density at radius 2 is 1.70 bits per heavy atom. The second-order valence-electron chi connectivity index (χ2n) is 6.81. The fourth-order valence-electron chi connectivity index (χ4n) is 3.18. The van der Waals surface area contributed by atoms with Crippen LogP contribution < -0.4 is 0 Å². The number of amidine groups is 1. The molecule has 4 rings (SSSR count). The second-order valence-corrected chi connectivity index (χ2v) is 8.73. The third-order valence-corrected chi connectivity index (χ3v) is 6.24. The van der Waals surface area contributed by atoms with E-state index < -0.39 is 0 Å². The number of para-hydroxylation sites is 1. The van der Waals surface area contributed by atoms with E-state index in [1.807, 2.05) is 67.6 Å². The molecule has 0 saturated carbocycles. The Kier molecular flexibility index (Phi) is 6.06. The van der Waals surface area contributed by atoms with E-state index in [1.165, 1.54) is 11.8 Å². The summed E-state index contributed by atoms with van der Waals surface area (Å²) < 4.78 is 0.829. The van der Waals surface area contributed by atoms with Crippen LogP contribution in [0.5, 0.6) is 5.75 Å². The molecule has 0 aliphatic carbocycles. The molecule has 1 aliphatic heterocycles. The number of aromatic hydroxyl groups is 1. The third-order valence-electron chi connectivity index (χ3n) is 4.76. The monoisotopic (exact) mass is 478 g/mol. The number of phenols is 1. The molecular weight excluding hydrogens is 460 g/mol. The minimum absolute atomic E-state index is 0.121. The van der Waals surface area contributed by atoms with Gasteiger partial charge in [-0.25, -0.2) is 4.99 Å². The Morgan fingerprint density at radius 3 is 2.40 bits per heavy atom. The number of aliphatic imine (C=N–C) groups is 1. The normalized spacial score (nSPS) is 17.7. The van der Waals surface area contributed by atoms with Crippen molar-refractivity contribution in [3.8, 4) is 5.75 Å². The van der Waals surface area contributed by atoms with Crippen molar-refractivity contribution in [1.82, 2.24) is 4.90 Å². The number of halogens is 1. The van der Waals surface area contributed by atoms with Gasteiger partial charge in [-0.15, -0.1) is 0 Å². The van der Waals surface area contributed by atoms with Gasteiger partial charge in [-0.3, -0.25) is 9.69 Å². The summed E-state index contributed by atoms with van der Waals surface area (Å²) in [5.41, 5.74) is 2.39. The lowest BCUT2D eigenvalue weighted by Crippen LogP contribution is -2.32. The molecule has 30 heavy (non-hydrogen) atoms. The second kappa shape index (κ2) is 8.90. The number of amides is 1. The lowest BCUT2D eigenvalue weighted by atomic mass is 10.1. The van der Waals surface area contributed by atoms with E-state index in [0.29, 0.717) is 15.6 Å². The van der Waals surface area contributed by atoms with Crippen molar-refractivity contribution < 1.29 is 9.90 Å². The van der Waals surface area contributed by atoms with Gasteiger partial charge in [0.1, 0.15) is 5.75 Å². The van der Waals surface area contributed by atoms with Crippen LogP contribution in [0.1, 0.15) is 24.1 Å². The molecule has 1 N–H and O–H groups in total. The molecule has 3 aromatic rings. The lowest BCUT2D eigenvalue weighted by molar-refractivity contribution is -0.123. The molecule has 4 nitrogen and oxygen atoms in total. The fourth-order valence-corrected chi connectivity index (χ4v) is 4.62. The summed E-state index contributed by atoms with van der Waals surface area (Å²) in [6.07, 6.45) is 1.71. The first-order valence-corrected chi connectivity index (χ1v) is 11.0. The van der Waals surface area contributed by atoms with E-state index in [1.54, 1.807) is 29.2 Å². The first kappa shape index (κ1) is 20.4. The number of thioether (sulfide) groups is 1. The van der Waals surface area contributed by atoms with Crippen LogP contribution >= 0.6 is 27.7 Å². The zero-order chi connectivity index (χ0) is 21.1. The number of phenolic OH excluding ortho intramolecular Hbond substituents is 1. The van der Waals surface area contributed by atoms with Gasteiger partial charge in [-0.2, -0.15) is 0 Å². The molecule has 0 unspecified atom stereocenters. The quantitative estimate of drug-likeness (QED) is 0.434. The van der Waals surface area contributed by atoms with Gasteiger partial charge in [0.15, 0.2) is 5.17 Å². The number of hydrogen-bond acceptors (Lipinski definition) is 4. The molecule has 3 aromatic carbocycles. The van der Waals surface area contributed by atoms with Crippen molar-refractivity contribution >= 4 is 50.5 Å². The van der Waals surface area contributed by atoms with Crippen LogP contribution in [0.15, 0.2) is 93.2 Å². The SMILES string of the molecule is C[C@H](c1ccccc1)N1C(=O)/C(=C\c2cc(Br)ccc2O)SC1=Nc1ccccc1. The van der Waals surface area contributed by atoms with Crippen LogP contribution in [0, 0.1) is 0 Å². The molecule has 0 bridgehead atoms. The highest BCUT2D eigenvalue weighted by Gasteiger charge is 2.37. The van der Waals surface area contributed by atoms with E-state index in [-0.39, 0.29) is 17.7 Å². The van der Waals surface area contributed by atoms with Crippen LogP contribution in [-0.4, -0.2) is 21.1 Å². The molecule has 0 spiro atoms. The van der Waals surface area contributed by atoms with Gasteiger partial charge in [0.2, 0.25) is 0 Å². The number of rotatable bonds is 4. The molecule has 1 heterocycles. The standard InChI is InChI=1S/C24H19BrN2O2S/c1-16(17-8-4-2-5-9-17)27-23(29)22(15-18-14-19(25)12-13-21(18)28)30-24(27)26-20-10-6-3-7-11-20/h2-16,28H,1H3/b22-15+,26-24?/t16-/m1/s1. The molecule has 0 radical (unpaired) electrons. The summed E-state index contributed by atoms with van der Waals surface area (Å²) in [6.45, 7) is 1.99. The highest BCUT2D eigenvalue weighted by Crippen LogP contribution is 2.40. The molecule has 6 heteroatoms. The Morgan fingerprint density at radius 1 is 1.03 bits per heavy atom. The third kappa shape index (κ3) is 4.35. The van der Waals surface area contributed by atoms with Crippen molar-refractivity contribution in [2.45, 2.75) is 13.0 Å². The number of carbonyl (C=O) groups excluding carboxylic acids is 1. The van der Waals surface area contributed by atoms with Crippen molar-refractivity contribution in [3.63, 3.8) is 0 Å². The summed E-state index contributed by atoms with van der Waals surface area (Å²) >= 11 is 4.73. The maximum absolute atomic E-state index is 13.4. The van der Waals surface area contributed by atoms with Gasteiger partial charge in [0.25, 0.3) is 5.91 Å². The van der Waals surface area contributed by atoms with Crippen molar-refractivity contribution in [2.75, 3.05) is 0 Å². The highest BCUT2D eigenvalue weighted by molar-refractivity contribution is 9.10. The Balaban J connectivity index is 1.77. The molecule has 1 saturated heterocycles. The van der Waals surface area contributed by atoms with Crippen molar-refractivity contribution in [3.05, 3.63) is 99.4 Å². The Hall–Kier alpha value is -2.83. The number of nitrogens with zero attached hydrogens (tertiary/aromatic N) is 2. The first-order valence-electron chi connectivity index (χ1n) is 9.43. The van der Waals surface area contributed by atoms with Crippen LogP contribution in [0.3, 0.4) is 0 Å². The average Bonchev–Trinajstić information content (AvgIpc) is 3.06. The van der Waals surface area contributed by atoms with Crippen LogP contribution in [-0.2, 0) is 4.79 Å². The minimum Gasteiger partial charge on any atom is -0.507 e. The van der Waals surface area contributed by atoms with E-state index in [0.717, 1.165) is 15.7 Å².